The Labute approximate surface area is 151 Å². The summed E-state index contributed by atoms with van der Waals surface area (Å²) < 4.78 is 11.0. The topological polar surface area (TPSA) is 38.8 Å². The first-order valence-corrected chi connectivity index (χ1v) is 8.98. The molecular formula is C22H19NO3. The van der Waals surface area contributed by atoms with E-state index < -0.39 is 0 Å². The number of amides is 1. The van der Waals surface area contributed by atoms with Crippen LogP contribution in [0.1, 0.15) is 30.4 Å². The number of rotatable bonds is 2. The first kappa shape index (κ1) is 15.3. The second-order valence-corrected chi connectivity index (χ2v) is 6.73. The summed E-state index contributed by atoms with van der Waals surface area (Å²) in [6, 6.07) is 18.6. The summed E-state index contributed by atoms with van der Waals surface area (Å²) in [5, 5.41) is 2.40. The van der Waals surface area contributed by atoms with Crippen LogP contribution in [0.25, 0.3) is 10.8 Å². The van der Waals surface area contributed by atoms with Crippen molar-refractivity contribution in [2.24, 2.45) is 0 Å². The second kappa shape index (κ2) is 5.77. The Morgan fingerprint density at radius 2 is 1.88 bits per heavy atom. The summed E-state index contributed by atoms with van der Waals surface area (Å²) in [6.07, 6.45) is 0.467. The summed E-state index contributed by atoms with van der Waals surface area (Å²) in [6.45, 7) is 2.96. The number of ether oxygens (including phenoxy) is 2. The summed E-state index contributed by atoms with van der Waals surface area (Å²) in [7, 11) is 0. The van der Waals surface area contributed by atoms with Crippen LogP contribution in [0, 0.1) is 0 Å². The Balaban J connectivity index is 1.75. The molecule has 130 valence electrons. The molecule has 1 atom stereocenters. The number of hydrogen-bond acceptors (Lipinski definition) is 3. The van der Waals surface area contributed by atoms with Gasteiger partial charge in [-0.15, -0.1) is 0 Å². The van der Waals surface area contributed by atoms with E-state index in [2.05, 4.69) is 42.5 Å². The smallest absolute Gasteiger partial charge is 0.231 e. The first-order valence-electron chi connectivity index (χ1n) is 8.98. The molecule has 1 unspecified atom stereocenters. The van der Waals surface area contributed by atoms with E-state index in [-0.39, 0.29) is 18.6 Å². The lowest BCUT2D eigenvalue weighted by atomic mass is 9.81. The van der Waals surface area contributed by atoms with E-state index in [1.54, 1.807) is 0 Å². The predicted molar refractivity (Wildman–Crippen MR) is 101 cm³/mol. The zero-order valence-corrected chi connectivity index (χ0v) is 14.6. The van der Waals surface area contributed by atoms with Crippen molar-refractivity contribution in [3.8, 4) is 11.5 Å². The zero-order valence-electron chi connectivity index (χ0n) is 14.6. The number of anilines is 1. The number of nitrogens with zero attached hydrogens (tertiary/aromatic N) is 1. The molecule has 2 aliphatic heterocycles. The van der Waals surface area contributed by atoms with E-state index in [1.165, 1.54) is 16.3 Å². The monoisotopic (exact) mass is 345 g/mol. The van der Waals surface area contributed by atoms with Gasteiger partial charge in [-0.1, -0.05) is 36.4 Å². The van der Waals surface area contributed by atoms with Crippen molar-refractivity contribution in [1.82, 2.24) is 0 Å². The standard InChI is InChI=1S/C22H19NO3/c1-2-23-18-9-7-14-5-3-4-6-16(14)22(18)17(12-21(23)24)15-8-10-19-20(11-15)26-13-25-19/h3-11,17H,2,12-13H2,1H3. The van der Waals surface area contributed by atoms with E-state index in [0.29, 0.717) is 13.0 Å². The van der Waals surface area contributed by atoms with Crippen LogP contribution in [0.15, 0.2) is 54.6 Å². The number of carbonyl (C=O) groups excluding carboxylic acids is 1. The van der Waals surface area contributed by atoms with Gasteiger partial charge < -0.3 is 14.4 Å². The summed E-state index contributed by atoms with van der Waals surface area (Å²) in [5.74, 6) is 1.71. The van der Waals surface area contributed by atoms with Crippen LogP contribution in [0.2, 0.25) is 0 Å². The Morgan fingerprint density at radius 3 is 2.77 bits per heavy atom. The van der Waals surface area contributed by atoms with Gasteiger partial charge in [-0.3, -0.25) is 4.79 Å². The molecule has 0 radical (unpaired) electrons. The second-order valence-electron chi connectivity index (χ2n) is 6.73. The van der Waals surface area contributed by atoms with Crippen LogP contribution in [0.5, 0.6) is 11.5 Å². The quantitative estimate of drug-likeness (QED) is 0.688. The van der Waals surface area contributed by atoms with Crippen molar-refractivity contribution in [2.75, 3.05) is 18.2 Å². The molecule has 4 heteroatoms. The minimum absolute atomic E-state index is 0.0147. The lowest BCUT2D eigenvalue weighted by molar-refractivity contribution is -0.119. The van der Waals surface area contributed by atoms with Gasteiger partial charge in [0, 0.05) is 24.6 Å². The molecule has 26 heavy (non-hydrogen) atoms. The first-order chi connectivity index (χ1) is 12.8. The summed E-state index contributed by atoms with van der Waals surface area (Å²) in [5.41, 5.74) is 3.34. The molecule has 2 aliphatic rings. The summed E-state index contributed by atoms with van der Waals surface area (Å²) in [4.78, 5) is 14.7. The zero-order chi connectivity index (χ0) is 17.7. The van der Waals surface area contributed by atoms with Crippen molar-refractivity contribution in [2.45, 2.75) is 19.3 Å². The lowest BCUT2D eigenvalue weighted by Crippen LogP contribution is -2.36. The molecule has 0 fully saturated rings. The molecular weight excluding hydrogens is 326 g/mol. The highest BCUT2D eigenvalue weighted by molar-refractivity contribution is 6.03. The third-order valence-corrected chi connectivity index (χ3v) is 5.38. The fraction of sp³-hybridized carbons (Fsp3) is 0.227. The molecule has 0 spiro atoms. The molecule has 0 saturated carbocycles. The molecule has 4 nitrogen and oxygen atoms in total. The van der Waals surface area contributed by atoms with Crippen molar-refractivity contribution in [1.29, 1.82) is 0 Å². The van der Waals surface area contributed by atoms with Crippen LogP contribution < -0.4 is 14.4 Å². The van der Waals surface area contributed by atoms with Crippen LogP contribution in [-0.4, -0.2) is 19.2 Å². The van der Waals surface area contributed by atoms with E-state index in [9.17, 15) is 4.79 Å². The molecule has 5 rings (SSSR count). The average Bonchev–Trinajstić information content (AvgIpc) is 3.14. The number of benzene rings is 3. The molecule has 0 bridgehead atoms. The van der Waals surface area contributed by atoms with E-state index in [4.69, 9.17) is 9.47 Å². The minimum atomic E-state index is 0.0147. The van der Waals surface area contributed by atoms with Gasteiger partial charge in [-0.25, -0.2) is 0 Å². The van der Waals surface area contributed by atoms with Gasteiger partial charge >= 0.3 is 0 Å². The van der Waals surface area contributed by atoms with Gasteiger partial charge in [0.05, 0.1) is 0 Å². The van der Waals surface area contributed by atoms with E-state index >= 15 is 0 Å². The fourth-order valence-electron chi connectivity index (χ4n) is 4.17. The van der Waals surface area contributed by atoms with Crippen molar-refractivity contribution in [3.05, 3.63) is 65.7 Å². The van der Waals surface area contributed by atoms with Crippen LogP contribution >= 0.6 is 0 Å². The molecule has 0 N–H and O–H groups in total. The molecule has 0 aliphatic carbocycles. The Bertz CT molecular complexity index is 1030. The highest BCUT2D eigenvalue weighted by Gasteiger charge is 2.33. The number of fused-ring (bicyclic) bond motifs is 4. The van der Waals surface area contributed by atoms with Crippen molar-refractivity contribution in [3.63, 3.8) is 0 Å². The Hall–Kier alpha value is -3.01. The molecule has 3 aromatic carbocycles. The fourth-order valence-corrected chi connectivity index (χ4v) is 4.17. The van der Waals surface area contributed by atoms with Crippen LogP contribution in [0.3, 0.4) is 0 Å². The average molecular weight is 345 g/mol. The van der Waals surface area contributed by atoms with Gasteiger partial charge in [0.1, 0.15) is 0 Å². The van der Waals surface area contributed by atoms with E-state index in [1.807, 2.05) is 24.0 Å². The molecule has 1 amide bonds. The predicted octanol–water partition coefficient (Wildman–Crippen LogP) is 4.46. The number of carbonyl (C=O) groups is 1. The normalized spacial score (nSPS) is 18.3. The SMILES string of the molecule is CCN1C(=O)CC(c2ccc3c(c2)OCO3)c2c1ccc1ccccc21. The molecule has 2 heterocycles. The highest BCUT2D eigenvalue weighted by Crippen LogP contribution is 2.45. The minimum Gasteiger partial charge on any atom is -0.454 e. The van der Waals surface area contributed by atoms with Crippen LogP contribution in [-0.2, 0) is 4.79 Å². The third-order valence-electron chi connectivity index (χ3n) is 5.38. The van der Waals surface area contributed by atoms with Crippen molar-refractivity contribution < 1.29 is 14.3 Å². The van der Waals surface area contributed by atoms with Crippen LogP contribution in [0.4, 0.5) is 5.69 Å². The van der Waals surface area contributed by atoms with Gasteiger partial charge in [0.25, 0.3) is 0 Å². The molecule has 0 aromatic heterocycles. The number of hydrogen-bond donors (Lipinski definition) is 0. The maximum absolute atomic E-state index is 12.8. The largest absolute Gasteiger partial charge is 0.454 e. The molecule has 0 saturated heterocycles. The van der Waals surface area contributed by atoms with Crippen molar-refractivity contribution >= 4 is 22.4 Å². The van der Waals surface area contributed by atoms with Gasteiger partial charge in [-0.05, 0) is 47.0 Å². The van der Waals surface area contributed by atoms with Gasteiger partial charge in [0.15, 0.2) is 11.5 Å². The van der Waals surface area contributed by atoms with E-state index in [0.717, 1.165) is 22.7 Å². The van der Waals surface area contributed by atoms with Gasteiger partial charge in [-0.2, -0.15) is 0 Å². The molecule has 3 aromatic rings. The summed E-state index contributed by atoms with van der Waals surface area (Å²) >= 11 is 0. The Morgan fingerprint density at radius 1 is 1.04 bits per heavy atom. The maximum Gasteiger partial charge on any atom is 0.231 e. The highest BCUT2D eigenvalue weighted by atomic mass is 16.7. The lowest BCUT2D eigenvalue weighted by Gasteiger charge is -2.34. The third kappa shape index (κ3) is 2.18. The Kier molecular flexibility index (Phi) is 3.38. The van der Waals surface area contributed by atoms with Gasteiger partial charge in [0.2, 0.25) is 12.7 Å². The maximum atomic E-state index is 12.8.